The molecule has 0 amide bonds. The van der Waals surface area contributed by atoms with Crippen LogP contribution in [0.25, 0.3) is 24.3 Å². The summed E-state index contributed by atoms with van der Waals surface area (Å²) in [5.41, 5.74) is 0. The summed E-state index contributed by atoms with van der Waals surface area (Å²) in [4.78, 5) is 21.1. The third-order valence-electron chi connectivity index (χ3n) is 3.00. The Hall–Kier alpha value is -3.34. The molecule has 0 atom stereocenters. The van der Waals surface area contributed by atoms with E-state index in [1.807, 2.05) is 0 Å². The van der Waals surface area contributed by atoms with E-state index in [0.29, 0.717) is 35.6 Å². The highest BCUT2D eigenvalue weighted by molar-refractivity contribution is 5.74. The summed E-state index contributed by atoms with van der Waals surface area (Å²) in [5.74, 6) is 2.97. The Morgan fingerprint density at radius 3 is 1.00 bits per heavy atom. The van der Waals surface area contributed by atoms with Gasteiger partial charge in [0.2, 0.25) is 0 Å². The highest BCUT2D eigenvalue weighted by Gasteiger charge is 2.00. The molecule has 0 aliphatic heterocycles. The lowest BCUT2D eigenvalue weighted by Crippen LogP contribution is -1.68. The molecule has 0 N–H and O–H groups in total. The van der Waals surface area contributed by atoms with Crippen molar-refractivity contribution in [3.05, 3.63) is 71.0 Å². The van der Waals surface area contributed by atoms with Crippen molar-refractivity contribution in [3.8, 4) is 0 Å². The smallest absolute Gasteiger partial charge is 0.185 e. The van der Waals surface area contributed by atoms with Crippen LogP contribution in [-0.4, -0.2) is 12.6 Å². The van der Waals surface area contributed by atoms with Gasteiger partial charge in [0.05, 0.1) is 0 Å². The van der Waals surface area contributed by atoms with E-state index in [1.54, 1.807) is 60.7 Å². The monoisotopic (exact) mass is 308 g/mol. The minimum absolute atomic E-state index is 0.279. The average Bonchev–Trinajstić information content (AvgIpc) is 3.30. The van der Waals surface area contributed by atoms with Crippen molar-refractivity contribution >= 4 is 36.9 Å². The van der Waals surface area contributed by atoms with Crippen LogP contribution in [0, 0.1) is 0 Å². The fourth-order valence-corrected chi connectivity index (χ4v) is 1.92. The molecule has 114 valence electrons. The topological polar surface area (TPSA) is 73.6 Å². The summed E-state index contributed by atoms with van der Waals surface area (Å²) in [6, 6.07) is 10.2. The van der Waals surface area contributed by atoms with Crippen LogP contribution in [0.4, 0.5) is 0 Å². The van der Waals surface area contributed by atoms with Gasteiger partial charge in [-0.1, -0.05) is 0 Å². The van der Waals surface area contributed by atoms with Crippen LogP contribution in [0.5, 0.6) is 0 Å². The standard InChI is InChI=1S/C18H12O5/c19-11-17-9-7-15(22-17)5-3-13-1-2-14(21-13)4-6-16-8-10-18(12-20)23-16/h1-12H/b5-3+,6-4+. The van der Waals surface area contributed by atoms with Gasteiger partial charge in [-0.3, -0.25) is 9.59 Å². The van der Waals surface area contributed by atoms with Crippen LogP contribution in [0.15, 0.2) is 49.6 Å². The molecule has 3 aromatic rings. The maximum absolute atomic E-state index is 10.5. The molecular weight excluding hydrogens is 296 g/mol. The van der Waals surface area contributed by atoms with Gasteiger partial charge < -0.3 is 13.3 Å². The second kappa shape index (κ2) is 6.62. The molecule has 0 aliphatic carbocycles. The molecule has 3 heterocycles. The zero-order valence-corrected chi connectivity index (χ0v) is 12.0. The van der Waals surface area contributed by atoms with Crippen LogP contribution in [0.1, 0.15) is 44.2 Å². The number of hydrogen-bond acceptors (Lipinski definition) is 5. The number of furan rings is 3. The molecule has 0 aromatic carbocycles. The molecule has 0 radical (unpaired) electrons. The Bertz CT molecular complexity index is 802. The zero-order valence-electron chi connectivity index (χ0n) is 12.0. The van der Waals surface area contributed by atoms with E-state index in [0.717, 1.165) is 0 Å². The molecule has 0 saturated heterocycles. The quantitative estimate of drug-likeness (QED) is 0.630. The fourth-order valence-electron chi connectivity index (χ4n) is 1.92. The Morgan fingerprint density at radius 1 is 0.478 bits per heavy atom. The summed E-state index contributed by atoms with van der Waals surface area (Å²) < 4.78 is 16.1. The number of hydrogen-bond donors (Lipinski definition) is 0. The largest absolute Gasteiger partial charge is 0.457 e. The van der Waals surface area contributed by atoms with Crippen molar-refractivity contribution in [3.63, 3.8) is 0 Å². The number of carbonyl (C=O) groups is 2. The first-order valence-electron chi connectivity index (χ1n) is 6.83. The van der Waals surface area contributed by atoms with Crippen molar-refractivity contribution in [1.82, 2.24) is 0 Å². The maximum Gasteiger partial charge on any atom is 0.185 e. The molecule has 0 bridgehead atoms. The van der Waals surface area contributed by atoms with Crippen LogP contribution in [0.3, 0.4) is 0 Å². The van der Waals surface area contributed by atoms with Gasteiger partial charge in [-0.05, 0) is 60.7 Å². The summed E-state index contributed by atoms with van der Waals surface area (Å²) >= 11 is 0. The van der Waals surface area contributed by atoms with Crippen molar-refractivity contribution in [2.45, 2.75) is 0 Å². The molecule has 0 saturated carbocycles. The summed E-state index contributed by atoms with van der Waals surface area (Å²) in [6.07, 6.45) is 8.20. The minimum Gasteiger partial charge on any atom is -0.457 e. The molecule has 5 heteroatoms. The lowest BCUT2D eigenvalue weighted by Gasteiger charge is -1.87. The Balaban J connectivity index is 1.67. The van der Waals surface area contributed by atoms with Crippen LogP contribution < -0.4 is 0 Å². The first kappa shape index (κ1) is 14.6. The number of aldehydes is 2. The Morgan fingerprint density at radius 2 is 0.739 bits per heavy atom. The van der Waals surface area contributed by atoms with Gasteiger partial charge in [0.1, 0.15) is 23.0 Å². The molecule has 3 rings (SSSR count). The predicted molar refractivity (Wildman–Crippen MR) is 84.8 cm³/mol. The molecule has 0 unspecified atom stereocenters. The van der Waals surface area contributed by atoms with Crippen molar-refractivity contribution in [2.75, 3.05) is 0 Å². The molecule has 0 fully saturated rings. The highest BCUT2D eigenvalue weighted by atomic mass is 16.4. The van der Waals surface area contributed by atoms with Crippen molar-refractivity contribution < 1.29 is 22.8 Å². The molecule has 5 nitrogen and oxygen atoms in total. The molecule has 3 aromatic heterocycles. The maximum atomic E-state index is 10.5. The first-order valence-corrected chi connectivity index (χ1v) is 6.83. The van der Waals surface area contributed by atoms with Crippen LogP contribution in [-0.2, 0) is 0 Å². The van der Waals surface area contributed by atoms with Gasteiger partial charge in [0.15, 0.2) is 24.1 Å². The van der Waals surface area contributed by atoms with Crippen LogP contribution >= 0.6 is 0 Å². The third-order valence-corrected chi connectivity index (χ3v) is 3.00. The van der Waals surface area contributed by atoms with Gasteiger partial charge in [-0.2, -0.15) is 0 Å². The van der Waals surface area contributed by atoms with E-state index in [1.165, 1.54) is 0 Å². The van der Waals surface area contributed by atoms with Gasteiger partial charge in [-0.25, -0.2) is 0 Å². The lowest BCUT2D eigenvalue weighted by molar-refractivity contribution is 0.109. The molecular formula is C18H12O5. The first-order chi connectivity index (χ1) is 11.3. The highest BCUT2D eigenvalue weighted by Crippen LogP contribution is 2.16. The summed E-state index contributed by atoms with van der Waals surface area (Å²) in [5, 5.41) is 0. The van der Waals surface area contributed by atoms with Crippen molar-refractivity contribution in [1.29, 1.82) is 0 Å². The fraction of sp³-hybridized carbons (Fsp3) is 0. The Labute approximate surface area is 131 Å². The van der Waals surface area contributed by atoms with E-state index in [-0.39, 0.29) is 11.5 Å². The number of rotatable bonds is 6. The predicted octanol–water partition coefficient (Wildman–Crippen LogP) is 4.43. The molecule has 23 heavy (non-hydrogen) atoms. The van der Waals surface area contributed by atoms with Crippen LogP contribution in [0.2, 0.25) is 0 Å². The normalized spacial score (nSPS) is 11.5. The zero-order chi connectivity index (χ0) is 16.1. The van der Waals surface area contributed by atoms with E-state index >= 15 is 0 Å². The van der Waals surface area contributed by atoms with E-state index < -0.39 is 0 Å². The molecule has 0 aliphatic rings. The van der Waals surface area contributed by atoms with Gasteiger partial charge in [0, 0.05) is 0 Å². The van der Waals surface area contributed by atoms with Crippen molar-refractivity contribution in [2.24, 2.45) is 0 Å². The number of carbonyl (C=O) groups excluding carboxylic acids is 2. The van der Waals surface area contributed by atoms with Gasteiger partial charge in [-0.15, -0.1) is 0 Å². The second-order valence-electron chi connectivity index (χ2n) is 4.62. The van der Waals surface area contributed by atoms with Gasteiger partial charge >= 0.3 is 0 Å². The van der Waals surface area contributed by atoms with E-state index in [4.69, 9.17) is 13.3 Å². The third kappa shape index (κ3) is 3.65. The summed E-state index contributed by atoms with van der Waals surface area (Å²) in [7, 11) is 0. The Kier molecular flexibility index (Phi) is 4.20. The molecule has 0 spiro atoms. The second-order valence-corrected chi connectivity index (χ2v) is 4.62. The SMILES string of the molecule is O=Cc1ccc(/C=C/c2ccc(/C=C/c3ccc(C=O)o3)o2)o1. The van der Waals surface area contributed by atoms with E-state index in [9.17, 15) is 9.59 Å². The minimum atomic E-state index is 0.279. The summed E-state index contributed by atoms with van der Waals surface area (Å²) in [6.45, 7) is 0. The average molecular weight is 308 g/mol. The lowest BCUT2D eigenvalue weighted by atomic mass is 10.3. The van der Waals surface area contributed by atoms with Gasteiger partial charge in [0.25, 0.3) is 0 Å². The van der Waals surface area contributed by atoms with E-state index in [2.05, 4.69) is 0 Å².